The van der Waals surface area contributed by atoms with Crippen LogP contribution in [0.25, 0.3) is 0 Å². The normalized spacial score (nSPS) is 18.6. The van der Waals surface area contributed by atoms with Crippen molar-refractivity contribution in [2.45, 2.75) is 18.0 Å². The van der Waals surface area contributed by atoms with E-state index in [1.807, 2.05) is 6.92 Å². The third-order valence-electron chi connectivity index (χ3n) is 3.37. The molecule has 0 aromatic heterocycles. The molecule has 1 heterocycles. The minimum Gasteiger partial charge on any atom is -0.360 e. The van der Waals surface area contributed by atoms with E-state index in [0.29, 0.717) is 16.4 Å². The molecule has 0 saturated heterocycles. The van der Waals surface area contributed by atoms with Gasteiger partial charge in [-0.3, -0.25) is 4.79 Å². The zero-order valence-corrected chi connectivity index (χ0v) is 13.7. The molecule has 0 radical (unpaired) electrons. The van der Waals surface area contributed by atoms with Crippen LogP contribution in [0, 0.1) is 6.92 Å². The molecule has 0 fully saturated rings. The lowest BCUT2D eigenvalue weighted by Gasteiger charge is -2.27. The van der Waals surface area contributed by atoms with Gasteiger partial charge in [0.15, 0.2) is 6.17 Å². The number of halogens is 1. The first-order valence-electron chi connectivity index (χ1n) is 6.81. The van der Waals surface area contributed by atoms with Crippen LogP contribution in [0.3, 0.4) is 0 Å². The van der Waals surface area contributed by atoms with E-state index in [1.165, 1.54) is 6.07 Å². The molecule has 1 atom stereocenters. The summed E-state index contributed by atoms with van der Waals surface area (Å²) in [6, 6.07) is 11.4. The molecule has 2 aromatic carbocycles. The van der Waals surface area contributed by atoms with Crippen LogP contribution in [0.2, 0.25) is 5.02 Å². The molecule has 1 aliphatic rings. The quantitative estimate of drug-likeness (QED) is 0.774. The number of carbonyl (C=O) groups is 1. The van der Waals surface area contributed by atoms with Crippen LogP contribution in [-0.2, 0) is 14.8 Å². The summed E-state index contributed by atoms with van der Waals surface area (Å²) in [6.07, 6.45) is -1.09. The van der Waals surface area contributed by atoms with E-state index < -0.39 is 22.1 Å². The Kier molecular flexibility index (Phi) is 4.01. The largest absolute Gasteiger partial charge is 0.360 e. The number of aryl methyl sites for hydroxylation is 1. The molecule has 1 amide bonds. The molecule has 8 heteroatoms. The first-order chi connectivity index (χ1) is 10.8. The smallest absolute Gasteiger partial charge is 0.262 e. The average Bonchev–Trinajstić information content (AvgIpc) is 2.48. The first-order valence-corrected chi connectivity index (χ1v) is 8.67. The fraction of sp³-hybridized carbons (Fsp3) is 0.133. The number of nitrogens with one attached hydrogen (secondary N) is 3. The van der Waals surface area contributed by atoms with Gasteiger partial charge in [0.25, 0.3) is 5.91 Å². The fourth-order valence-corrected chi connectivity index (χ4v) is 3.65. The molecule has 0 spiro atoms. The van der Waals surface area contributed by atoms with Crippen LogP contribution in [0.1, 0.15) is 5.56 Å². The topological polar surface area (TPSA) is 87.3 Å². The number of carbonyl (C=O) groups excluding carboxylic acids is 1. The summed E-state index contributed by atoms with van der Waals surface area (Å²) in [7, 11) is -3.75. The van der Waals surface area contributed by atoms with Crippen molar-refractivity contribution in [1.29, 1.82) is 0 Å². The van der Waals surface area contributed by atoms with E-state index in [0.717, 1.165) is 5.56 Å². The zero-order valence-electron chi connectivity index (χ0n) is 12.1. The lowest BCUT2D eigenvalue weighted by Crippen LogP contribution is -2.51. The number of fused-ring (bicyclic) bond motifs is 1. The summed E-state index contributed by atoms with van der Waals surface area (Å²) < 4.78 is 26.8. The van der Waals surface area contributed by atoms with Gasteiger partial charge >= 0.3 is 0 Å². The van der Waals surface area contributed by atoms with Crippen LogP contribution in [-0.4, -0.2) is 20.5 Å². The van der Waals surface area contributed by atoms with Gasteiger partial charge in [-0.1, -0.05) is 17.7 Å². The van der Waals surface area contributed by atoms with Gasteiger partial charge in [-0.05, 0) is 48.9 Å². The summed E-state index contributed by atoms with van der Waals surface area (Å²) in [6.45, 7) is 1.85. The van der Waals surface area contributed by atoms with Crippen LogP contribution >= 0.6 is 11.6 Å². The maximum Gasteiger partial charge on any atom is 0.262 e. The van der Waals surface area contributed by atoms with Gasteiger partial charge < -0.3 is 10.6 Å². The molecule has 120 valence electrons. The molecule has 1 aliphatic heterocycles. The first kappa shape index (κ1) is 15.8. The summed E-state index contributed by atoms with van der Waals surface area (Å²) in [5, 5.41) is 6.08. The Morgan fingerprint density at radius 3 is 2.57 bits per heavy atom. The van der Waals surface area contributed by atoms with Gasteiger partial charge in [0, 0.05) is 10.7 Å². The van der Waals surface area contributed by atoms with E-state index in [4.69, 9.17) is 11.6 Å². The van der Waals surface area contributed by atoms with Crippen LogP contribution in [0.5, 0.6) is 0 Å². The minimum absolute atomic E-state index is 0.124. The van der Waals surface area contributed by atoms with Crippen molar-refractivity contribution < 1.29 is 13.2 Å². The maximum absolute atomic E-state index is 12.3. The lowest BCUT2D eigenvalue weighted by molar-refractivity contribution is -0.117. The van der Waals surface area contributed by atoms with Gasteiger partial charge in [0.05, 0.1) is 5.69 Å². The van der Waals surface area contributed by atoms with Crippen molar-refractivity contribution >= 4 is 38.9 Å². The summed E-state index contributed by atoms with van der Waals surface area (Å²) in [5.41, 5.74) is 1.82. The molecule has 2 aromatic rings. The highest BCUT2D eigenvalue weighted by molar-refractivity contribution is 7.89. The maximum atomic E-state index is 12.3. The van der Waals surface area contributed by atoms with Crippen molar-refractivity contribution in [1.82, 2.24) is 4.72 Å². The molecule has 0 bridgehead atoms. The average molecular weight is 352 g/mol. The Hall–Kier alpha value is -2.09. The van der Waals surface area contributed by atoms with Crippen LogP contribution in [0.4, 0.5) is 11.4 Å². The second kappa shape index (κ2) is 5.84. The van der Waals surface area contributed by atoms with Crippen LogP contribution in [0.15, 0.2) is 47.4 Å². The highest BCUT2D eigenvalue weighted by atomic mass is 35.5. The van der Waals surface area contributed by atoms with Crippen molar-refractivity contribution in [3.63, 3.8) is 0 Å². The van der Waals surface area contributed by atoms with E-state index in [1.54, 1.807) is 36.4 Å². The Morgan fingerprint density at radius 1 is 1.17 bits per heavy atom. The molecular weight excluding hydrogens is 338 g/mol. The predicted octanol–water partition coefficient (Wildman–Crippen LogP) is 2.32. The highest BCUT2D eigenvalue weighted by Crippen LogP contribution is 2.27. The summed E-state index contributed by atoms with van der Waals surface area (Å²) in [4.78, 5) is 12.4. The second-order valence-corrected chi connectivity index (χ2v) is 7.31. The van der Waals surface area contributed by atoms with E-state index in [9.17, 15) is 13.2 Å². The van der Waals surface area contributed by atoms with Crippen molar-refractivity contribution in [3.05, 3.63) is 53.1 Å². The monoisotopic (exact) mass is 351 g/mol. The number of rotatable bonds is 2. The number of anilines is 2. The number of amides is 1. The molecule has 0 aliphatic carbocycles. The molecular formula is C15H14ClN3O3S. The van der Waals surface area contributed by atoms with E-state index in [2.05, 4.69) is 15.4 Å². The number of hydrogen-bond donors (Lipinski definition) is 3. The van der Waals surface area contributed by atoms with Gasteiger partial charge in [-0.15, -0.1) is 0 Å². The molecule has 23 heavy (non-hydrogen) atoms. The Labute approximate surface area is 138 Å². The third-order valence-corrected chi connectivity index (χ3v) is 5.10. The Morgan fingerprint density at radius 2 is 1.87 bits per heavy atom. The highest BCUT2D eigenvalue weighted by Gasteiger charge is 2.33. The third kappa shape index (κ3) is 3.31. The van der Waals surface area contributed by atoms with Gasteiger partial charge in [-0.25, -0.2) is 8.42 Å². The number of benzene rings is 2. The summed E-state index contributed by atoms with van der Waals surface area (Å²) in [5.74, 6) is -0.511. The Bertz CT molecular complexity index is 866. The number of hydrogen-bond acceptors (Lipinski definition) is 4. The Balaban J connectivity index is 1.84. The van der Waals surface area contributed by atoms with Crippen LogP contribution < -0.4 is 15.4 Å². The predicted molar refractivity (Wildman–Crippen MR) is 89.0 cm³/mol. The molecule has 0 saturated carbocycles. The minimum atomic E-state index is -3.75. The molecule has 3 rings (SSSR count). The SMILES string of the molecule is Cc1ccc2c(c1)N[C@H](C(=O)Nc1ccc(Cl)cc1)NS2(=O)=O. The van der Waals surface area contributed by atoms with Crippen molar-refractivity contribution in [2.24, 2.45) is 0 Å². The van der Waals surface area contributed by atoms with Gasteiger partial charge in [0.2, 0.25) is 10.0 Å². The zero-order chi connectivity index (χ0) is 16.6. The van der Waals surface area contributed by atoms with E-state index >= 15 is 0 Å². The number of sulfonamides is 1. The molecule has 3 N–H and O–H groups in total. The fourth-order valence-electron chi connectivity index (χ4n) is 2.26. The molecule has 6 nitrogen and oxygen atoms in total. The van der Waals surface area contributed by atoms with Gasteiger partial charge in [-0.2, -0.15) is 4.72 Å². The van der Waals surface area contributed by atoms with E-state index in [-0.39, 0.29) is 4.90 Å². The van der Waals surface area contributed by atoms with Crippen molar-refractivity contribution in [2.75, 3.05) is 10.6 Å². The lowest BCUT2D eigenvalue weighted by atomic mass is 10.2. The second-order valence-electron chi connectivity index (χ2n) is 5.19. The molecule has 0 unspecified atom stereocenters. The summed E-state index contributed by atoms with van der Waals surface area (Å²) >= 11 is 5.79. The van der Waals surface area contributed by atoms with Crippen molar-refractivity contribution in [3.8, 4) is 0 Å². The van der Waals surface area contributed by atoms with Gasteiger partial charge in [0.1, 0.15) is 4.90 Å². The standard InChI is InChI=1S/C15H14ClN3O3S/c1-9-2-7-13-12(8-9)18-14(19-23(13,21)22)15(20)17-11-5-3-10(16)4-6-11/h2-8,14,18-19H,1H3,(H,17,20)/t14-/m0/s1.